The highest BCUT2D eigenvalue weighted by Gasteiger charge is 2.14. The van der Waals surface area contributed by atoms with Gasteiger partial charge in [-0.15, -0.1) is 0 Å². The minimum atomic E-state index is -0.0703. The molecule has 2 unspecified atom stereocenters. The highest BCUT2D eigenvalue weighted by Crippen LogP contribution is 2.31. The van der Waals surface area contributed by atoms with Gasteiger partial charge in [0.05, 0.1) is 12.0 Å². The van der Waals surface area contributed by atoms with E-state index in [2.05, 4.69) is 23.1 Å². The number of hydrogen-bond donors (Lipinski definition) is 1. The molecular weight excluding hydrogens is 318 g/mol. The summed E-state index contributed by atoms with van der Waals surface area (Å²) in [5.41, 5.74) is 7.15. The zero-order valence-corrected chi connectivity index (χ0v) is 14.7. The Morgan fingerprint density at radius 3 is 2.77 bits per heavy atom. The van der Waals surface area contributed by atoms with Gasteiger partial charge < -0.3 is 10.5 Å². The largest absolute Gasteiger partial charge is 0.477 e. The standard InChI is InChI=1S/C16H22ClN3OS/c1-4-14(18)12-8-20-16(21-6-5-10(2)22-3)13-9-19-15(17)7-11(12)13/h7-10,14H,4-6,18H2,1-3H3. The molecule has 2 heterocycles. The van der Waals surface area contributed by atoms with Crippen LogP contribution in [-0.4, -0.2) is 28.1 Å². The molecule has 0 aliphatic heterocycles. The highest BCUT2D eigenvalue weighted by atomic mass is 35.5. The topological polar surface area (TPSA) is 61.0 Å². The molecule has 120 valence electrons. The average molecular weight is 340 g/mol. The summed E-state index contributed by atoms with van der Waals surface area (Å²) in [6.45, 7) is 4.86. The summed E-state index contributed by atoms with van der Waals surface area (Å²) in [7, 11) is 0. The second kappa shape index (κ2) is 7.99. The fraction of sp³-hybridized carbons (Fsp3) is 0.500. The third-order valence-corrected chi connectivity index (χ3v) is 4.98. The van der Waals surface area contributed by atoms with E-state index in [1.54, 1.807) is 12.4 Å². The summed E-state index contributed by atoms with van der Waals surface area (Å²) in [5.74, 6) is 0.597. The van der Waals surface area contributed by atoms with Crippen molar-refractivity contribution in [2.45, 2.75) is 38.0 Å². The first-order chi connectivity index (χ1) is 10.6. The van der Waals surface area contributed by atoms with E-state index >= 15 is 0 Å². The number of fused-ring (bicyclic) bond motifs is 1. The third kappa shape index (κ3) is 4.03. The summed E-state index contributed by atoms with van der Waals surface area (Å²) in [4.78, 5) is 8.59. The molecule has 2 rings (SSSR count). The van der Waals surface area contributed by atoms with Crippen LogP contribution in [0.15, 0.2) is 18.5 Å². The van der Waals surface area contributed by atoms with Gasteiger partial charge >= 0.3 is 0 Å². The Labute approximate surface area is 140 Å². The van der Waals surface area contributed by atoms with Crippen LogP contribution in [0.5, 0.6) is 5.88 Å². The molecule has 0 aliphatic carbocycles. The summed E-state index contributed by atoms with van der Waals surface area (Å²) in [5, 5.41) is 2.84. The molecule has 2 N–H and O–H groups in total. The van der Waals surface area contributed by atoms with Gasteiger partial charge in [0.2, 0.25) is 5.88 Å². The van der Waals surface area contributed by atoms with Crippen LogP contribution in [0, 0.1) is 0 Å². The lowest BCUT2D eigenvalue weighted by Crippen LogP contribution is -2.11. The fourth-order valence-electron chi connectivity index (χ4n) is 2.18. The predicted molar refractivity (Wildman–Crippen MR) is 94.9 cm³/mol. The quantitative estimate of drug-likeness (QED) is 0.765. The Morgan fingerprint density at radius 1 is 1.32 bits per heavy atom. The van der Waals surface area contributed by atoms with Crippen LogP contribution in [0.25, 0.3) is 10.8 Å². The van der Waals surface area contributed by atoms with Crippen LogP contribution in [0.3, 0.4) is 0 Å². The van der Waals surface area contributed by atoms with Crippen molar-refractivity contribution in [1.29, 1.82) is 0 Å². The summed E-state index contributed by atoms with van der Waals surface area (Å²) in [6.07, 6.45) is 7.42. The van der Waals surface area contributed by atoms with Crippen molar-refractivity contribution >= 4 is 34.1 Å². The number of halogens is 1. The summed E-state index contributed by atoms with van der Waals surface area (Å²) >= 11 is 7.87. The predicted octanol–water partition coefficient (Wildman–Crippen LogP) is 4.21. The van der Waals surface area contributed by atoms with Crippen molar-refractivity contribution in [2.75, 3.05) is 12.9 Å². The van der Waals surface area contributed by atoms with Crippen molar-refractivity contribution < 1.29 is 4.74 Å². The van der Waals surface area contributed by atoms with Gasteiger partial charge in [-0.1, -0.05) is 25.4 Å². The first kappa shape index (κ1) is 17.3. The SMILES string of the molecule is CCC(N)c1cnc(OCCC(C)SC)c2cnc(Cl)cc12. The lowest BCUT2D eigenvalue weighted by Gasteiger charge is -2.15. The molecule has 2 aromatic heterocycles. The maximum absolute atomic E-state index is 6.17. The molecule has 0 aliphatic rings. The van der Waals surface area contributed by atoms with E-state index in [0.717, 1.165) is 29.2 Å². The van der Waals surface area contributed by atoms with Crippen molar-refractivity contribution in [3.8, 4) is 5.88 Å². The van der Waals surface area contributed by atoms with Gasteiger partial charge in [0.1, 0.15) is 5.15 Å². The smallest absolute Gasteiger partial charge is 0.222 e. The number of hydrogen-bond acceptors (Lipinski definition) is 5. The molecule has 22 heavy (non-hydrogen) atoms. The zero-order chi connectivity index (χ0) is 16.1. The Kier molecular flexibility index (Phi) is 6.29. The molecule has 0 aromatic carbocycles. The van der Waals surface area contributed by atoms with E-state index in [9.17, 15) is 0 Å². The minimum absolute atomic E-state index is 0.0703. The lowest BCUT2D eigenvalue weighted by molar-refractivity contribution is 0.303. The molecule has 0 bridgehead atoms. The molecule has 2 atom stereocenters. The number of aromatic nitrogens is 2. The van der Waals surface area contributed by atoms with Gasteiger partial charge in [0.25, 0.3) is 0 Å². The van der Waals surface area contributed by atoms with Crippen LogP contribution in [0.2, 0.25) is 5.15 Å². The first-order valence-corrected chi connectivity index (χ1v) is 9.08. The van der Waals surface area contributed by atoms with Gasteiger partial charge in [-0.2, -0.15) is 11.8 Å². The molecular formula is C16H22ClN3OS. The first-order valence-electron chi connectivity index (χ1n) is 7.42. The molecule has 0 amide bonds. The maximum Gasteiger partial charge on any atom is 0.222 e. The van der Waals surface area contributed by atoms with Gasteiger partial charge in [-0.25, -0.2) is 9.97 Å². The molecule has 0 radical (unpaired) electrons. The van der Waals surface area contributed by atoms with Crippen LogP contribution >= 0.6 is 23.4 Å². The fourth-order valence-corrected chi connectivity index (χ4v) is 2.67. The molecule has 2 aromatic rings. The number of thioether (sulfide) groups is 1. The normalized spacial score (nSPS) is 14.0. The average Bonchev–Trinajstić information content (AvgIpc) is 2.53. The summed E-state index contributed by atoms with van der Waals surface area (Å²) in [6, 6.07) is 1.76. The number of rotatable bonds is 7. The Morgan fingerprint density at radius 2 is 2.09 bits per heavy atom. The van der Waals surface area contributed by atoms with Crippen LogP contribution in [0.1, 0.15) is 38.3 Å². The van der Waals surface area contributed by atoms with E-state index in [0.29, 0.717) is 22.9 Å². The van der Waals surface area contributed by atoms with Crippen LogP contribution in [0.4, 0.5) is 0 Å². The number of nitrogens with two attached hydrogens (primary N) is 1. The second-order valence-corrected chi connectivity index (χ2v) is 6.93. The van der Waals surface area contributed by atoms with Crippen molar-refractivity contribution in [3.63, 3.8) is 0 Å². The molecule has 4 nitrogen and oxygen atoms in total. The number of pyridine rings is 2. The molecule has 0 fully saturated rings. The number of ether oxygens (including phenoxy) is 1. The van der Waals surface area contributed by atoms with E-state index in [4.69, 9.17) is 22.1 Å². The Bertz CT molecular complexity index is 638. The highest BCUT2D eigenvalue weighted by molar-refractivity contribution is 7.99. The molecule has 6 heteroatoms. The maximum atomic E-state index is 6.17. The van der Waals surface area contributed by atoms with Gasteiger partial charge in [-0.3, -0.25) is 0 Å². The van der Waals surface area contributed by atoms with Crippen molar-refractivity contribution in [2.24, 2.45) is 5.73 Å². The van der Waals surface area contributed by atoms with Crippen molar-refractivity contribution in [1.82, 2.24) is 9.97 Å². The van der Waals surface area contributed by atoms with Gasteiger partial charge in [0.15, 0.2) is 0 Å². The zero-order valence-electron chi connectivity index (χ0n) is 13.2. The molecule has 0 saturated heterocycles. The minimum Gasteiger partial charge on any atom is -0.477 e. The Hall–Kier alpha value is -1.04. The van der Waals surface area contributed by atoms with Crippen LogP contribution < -0.4 is 10.5 Å². The summed E-state index contributed by atoms with van der Waals surface area (Å²) < 4.78 is 5.85. The third-order valence-electron chi connectivity index (χ3n) is 3.74. The molecule has 0 saturated carbocycles. The monoisotopic (exact) mass is 339 g/mol. The van der Waals surface area contributed by atoms with Crippen molar-refractivity contribution in [3.05, 3.63) is 29.2 Å². The van der Waals surface area contributed by atoms with Crippen LogP contribution in [-0.2, 0) is 0 Å². The van der Waals surface area contributed by atoms with E-state index in [1.807, 2.05) is 24.8 Å². The Balaban J connectivity index is 2.32. The van der Waals surface area contributed by atoms with E-state index < -0.39 is 0 Å². The van der Waals surface area contributed by atoms with Gasteiger partial charge in [0, 0.05) is 23.7 Å². The molecule has 0 spiro atoms. The number of nitrogens with zero attached hydrogens (tertiary/aromatic N) is 2. The van der Waals surface area contributed by atoms with Gasteiger partial charge in [-0.05, 0) is 36.1 Å². The van der Waals surface area contributed by atoms with E-state index in [-0.39, 0.29) is 6.04 Å². The second-order valence-electron chi connectivity index (χ2n) is 5.27. The lowest BCUT2D eigenvalue weighted by atomic mass is 10.0. The van der Waals surface area contributed by atoms with E-state index in [1.165, 1.54) is 0 Å².